The first-order valence-electron chi connectivity index (χ1n) is 7.60. The number of halogens is 1. The van der Waals surface area contributed by atoms with Crippen molar-refractivity contribution in [1.29, 1.82) is 5.26 Å². The van der Waals surface area contributed by atoms with Gasteiger partial charge in [0.2, 0.25) is 5.78 Å². The van der Waals surface area contributed by atoms with Gasteiger partial charge < -0.3 is 4.98 Å². The van der Waals surface area contributed by atoms with E-state index in [1.54, 1.807) is 13.0 Å². The fourth-order valence-corrected chi connectivity index (χ4v) is 3.17. The number of ketones is 1. The number of allylic oxidation sites excluding steroid dienone is 1. The molecule has 6 nitrogen and oxygen atoms in total. The highest BCUT2D eigenvalue weighted by molar-refractivity contribution is 9.10. The number of nitro groups is 1. The number of nitro benzene ring substituents is 1. The highest BCUT2D eigenvalue weighted by atomic mass is 79.9. The van der Waals surface area contributed by atoms with Crippen molar-refractivity contribution in [2.45, 2.75) is 6.92 Å². The van der Waals surface area contributed by atoms with Crippen molar-refractivity contribution < 1.29 is 9.72 Å². The number of benzene rings is 2. The minimum Gasteiger partial charge on any atom is -0.358 e. The molecular weight excluding hydrogens is 398 g/mol. The molecule has 3 aromatic rings. The van der Waals surface area contributed by atoms with Crippen LogP contribution in [0.5, 0.6) is 0 Å². The first-order valence-corrected chi connectivity index (χ1v) is 8.39. The van der Waals surface area contributed by atoms with Crippen LogP contribution in [-0.4, -0.2) is 15.7 Å². The van der Waals surface area contributed by atoms with E-state index in [1.807, 2.05) is 30.3 Å². The number of rotatable bonds is 4. The maximum atomic E-state index is 12.9. The van der Waals surface area contributed by atoms with E-state index < -0.39 is 10.7 Å². The molecule has 3 rings (SSSR count). The van der Waals surface area contributed by atoms with Gasteiger partial charge in [0.25, 0.3) is 5.69 Å². The lowest BCUT2D eigenvalue weighted by molar-refractivity contribution is -0.385. The number of H-pyrrole nitrogens is 1. The molecule has 7 heteroatoms. The number of aromatic amines is 1. The predicted octanol–water partition coefficient (Wildman–Crippen LogP) is 4.94. The van der Waals surface area contributed by atoms with Crippen LogP contribution in [0.2, 0.25) is 0 Å². The number of para-hydroxylation sites is 1. The van der Waals surface area contributed by atoms with E-state index in [-0.39, 0.29) is 11.3 Å². The van der Waals surface area contributed by atoms with Crippen molar-refractivity contribution in [2.24, 2.45) is 0 Å². The van der Waals surface area contributed by atoms with E-state index in [0.717, 1.165) is 10.9 Å². The number of nitriles is 1. The zero-order chi connectivity index (χ0) is 18.8. The second-order valence-electron chi connectivity index (χ2n) is 5.64. The first-order chi connectivity index (χ1) is 12.4. The zero-order valence-corrected chi connectivity index (χ0v) is 15.2. The summed E-state index contributed by atoms with van der Waals surface area (Å²) in [7, 11) is 0. The van der Waals surface area contributed by atoms with Crippen molar-refractivity contribution in [2.75, 3.05) is 0 Å². The molecule has 0 radical (unpaired) electrons. The number of nitrogens with zero attached hydrogens (tertiary/aromatic N) is 2. The van der Waals surface area contributed by atoms with Gasteiger partial charge in [0.1, 0.15) is 11.6 Å². The topological polar surface area (TPSA) is 99.8 Å². The molecule has 0 saturated carbocycles. The van der Waals surface area contributed by atoms with Gasteiger partial charge >= 0.3 is 0 Å². The van der Waals surface area contributed by atoms with Gasteiger partial charge in [0.05, 0.1) is 15.0 Å². The number of fused-ring (bicyclic) bond motifs is 1. The third kappa shape index (κ3) is 3.15. The smallest absolute Gasteiger partial charge is 0.284 e. The molecule has 26 heavy (non-hydrogen) atoms. The number of Topliss-reactive ketones (excluding diaryl/α,β-unsaturated/α-hetero) is 1. The van der Waals surface area contributed by atoms with Crippen LogP contribution in [0.4, 0.5) is 5.69 Å². The van der Waals surface area contributed by atoms with Crippen molar-refractivity contribution in [1.82, 2.24) is 4.98 Å². The third-order valence-electron chi connectivity index (χ3n) is 3.96. The van der Waals surface area contributed by atoms with Crippen molar-refractivity contribution >= 4 is 44.4 Å². The van der Waals surface area contributed by atoms with Crippen molar-refractivity contribution in [3.05, 3.63) is 79.4 Å². The number of carbonyl (C=O) groups excluding carboxylic acids is 1. The van der Waals surface area contributed by atoms with Gasteiger partial charge in [-0.05, 0) is 46.6 Å². The van der Waals surface area contributed by atoms with Crippen LogP contribution in [0.3, 0.4) is 0 Å². The number of hydrogen-bond acceptors (Lipinski definition) is 4. The van der Waals surface area contributed by atoms with E-state index in [2.05, 4.69) is 20.9 Å². The van der Waals surface area contributed by atoms with Crippen LogP contribution in [0.1, 0.15) is 21.6 Å². The number of nitrogens with one attached hydrogen (secondary N) is 1. The summed E-state index contributed by atoms with van der Waals surface area (Å²) < 4.78 is 0.331. The number of hydrogen-bond donors (Lipinski definition) is 1. The highest BCUT2D eigenvalue weighted by Gasteiger charge is 2.20. The molecule has 1 heterocycles. The molecule has 2 aromatic carbocycles. The van der Waals surface area contributed by atoms with Crippen LogP contribution in [0, 0.1) is 28.4 Å². The van der Waals surface area contributed by atoms with Gasteiger partial charge in [0, 0.05) is 22.7 Å². The molecule has 1 aromatic heterocycles. The molecule has 0 amide bonds. The van der Waals surface area contributed by atoms with E-state index >= 15 is 0 Å². The van der Waals surface area contributed by atoms with Gasteiger partial charge in [-0.25, -0.2) is 0 Å². The van der Waals surface area contributed by atoms with E-state index in [9.17, 15) is 20.2 Å². The quantitative estimate of drug-likeness (QED) is 0.217. The number of carbonyl (C=O) groups is 1. The minimum absolute atomic E-state index is 0.0885. The molecule has 128 valence electrons. The average Bonchev–Trinajstić information content (AvgIpc) is 2.95. The Hall–Kier alpha value is -3.24. The van der Waals surface area contributed by atoms with Gasteiger partial charge in [0.15, 0.2) is 0 Å². The largest absolute Gasteiger partial charge is 0.358 e. The Labute approximate surface area is 157 Å². The zero-order valence-electron chi connectivity index (χ0n) is 13.6. The number of aromatic nitrogens is 1. The Balaban J connectivity index is 2.09. The van der Waals surface area contributed by atoms with Gasteiger partial charge in [-0.15, -0.1) is 0 Å². The standard InChI is InChI=1S/C19H12BrN3O3/c1-11-18(14-4-2-3-5-16(14)22-11)19(24)13(10-21)8-12-6-7-15(20)17(9-12)23(25)26/h2-9,22H,1H3/b13-8+. The van der Waals surface area contributed by atoms with Crippen LogP contribution in [0.25, 0.3) is 17.0 Å². The second kappa shape index (κ2) is 6.94. The molecule has 0 aliphatic carbocycles. The molecule has 0 atom stereocenters. The molecule has 0 fully saturated rings. The molecule has 0 unspecified atom stereocenters. The summed E-state index contributed by atoms with van der Waals surface area (Å²) in [5.74, 6) is -0.423. The minimum atomic E-state index is -0.529. The monoisotopic (exact) mass is 409 g/mol. The summed E-state index contributed by atoms with van der Waals surface area (Å²) in [5, 5.41) is 21.3. The van der Waals surface area contributed by atoms with E-state index in [0.29, 0.717) is 21.3 Å². The Morgan fingerprint density at radius 1 is 1.31 bits per heavy atom. The van der Waals surface area contributed by atoms with E-state index in [4.69, 9.17) is 0 Å². The van der Waals surface area contributed by atoms with Crippen LogP contribution in [0.15, 0.2) is 52.5 Å². The maximum absolute atomic E-state index is 12.9. The maximum Gasteiger partial charge on any atom is 0.284 e. The van der Waals surface area contributed by atoms with Crippen molar-refractivity contribution in [3.8, 4) is 6.07 Å². The Bertz CT molecular complexity index is 1120. The lowest BCUT2D eigenvalue weighted by Crippen LogP contribution is -2.03. The van der Waals surface area contributed by atoms with Gasteiger partial charge in [-0.3, -0.25) is 14.9 Å². The molecule has 0 aliphatic rings. The first kappa shape index (κ1) is 17.6. The SMILES string of the molecule is Cc1[nH]c2ccccc2c1C(=O)/C(C#N)=C/c1ccc(Br)c([N+](=O)[O-])c1. The summed E-state index contributed by atoms with van der Waals surface area (Å²) in [4.78, 5) is 26.6. The Morgan fingerprint density at radius 2 is 2.04 bits per heavy atom. The lowest BCUT2D eigenvalue weighted by atomic mass is 9.99. The number of aryl methyl sites for hydroxylation is 1. The van der Waals surface area contributed by atoms with Crippen LogP contribution >= 0.6 is 15.9 Å². The third-order valence-corrected chi connectivity index (χ3v) is 4.63. The molecule has 0 saturated heterocycles. The Kier molecular flexibility index (Phi) is 4.69. The summed E-state index contributed by atoms with van der Waals surface area (Å²) in [6.07, 6.45) is 1.36. The van der Waals surface area contributed by atoms with Gasteiger partial charge in [-0.2, -0.15) is 5.26 Å². The van der Waals surface area contributed by atoms with Gasteiger partial charge in [-0.1, -0.05) is 24.3 Å². The van der Waals surface area contributed by atoms with Crippen molar-refractivity contribution in [3.63, 3.8) is 0 Å². The van der Waals surface area contributed by atoms with Crippen LogP contribution < -0.4 is 0 Å². The summed E-state index contributed by atoms with van der Waals surface area (Å²) >= 11 is 3.11. The fourth-order valence-electron chi connectivity index (χ4n) is 2.78. The average molecular weight is 410 g/mol. The lowest BCUT2D eigenvalue weighted by Gasteiger charge is -2.02. The summed E-state index contributed by atoms with van der Waals surface area (Å²) in [6.45, 7) is 1.77. The summed E-state index contributed by atoms with van der Waals surface area (Å²) in [5.41, 5.74) is 2.09. The molecule has 1 N–H and O–H groups in total. The molecule has 0 bridgehead atoms. The molecule has 0 aliphatic heterocycles. The fraction of sp³-hybridized carbons (Fsp3) is 0.0526. The Morgan fingerprint density at radius 3 is 2.73 bits per heavy atom. The summed E-state index contributed by atoms with van der Waals surface area (Å²) in [6, 6.07) is 13.7. The van der Waals surface area contributed by atoms with E-state index in [1.165, 1.54) is 18.2 Å². The highest BCUT2D eigenvalue weighted by Crippen LogP contribution is 2.28. The molecule has 0 spiro atoms. The van der Waals surface area contributed by atoms with Crippen LogP contribution in [-0.2, 0) is 0 Å². The predicted molar refractivity (Wildman–Crippen MR) is 102 cm³/mol. The normalized spacial score (nSPS) is 11.3. The second-order valence-corrected chi connectivity index (χ2v) is 6.49. The molecular formula is C19H12BrN3O3.